The highest BCUT2D eigenvalue weighted by molar-refractivity contribution is 5.93. The van der Waals surface area contributed by atoms with Gasteiger partial charge in [-0.25, -0.2) is 4.79 Å². The molecule has 0 radical (unpaired) electrons. The molecule has 1 saturated heterocycles. The molecule has 12 heteroatoms. The number of rotatable bonds is 4. The summed E-state index contributed by atoms with van der Waals surface area (Å²) in [5.74, 6) is -1.49. The van der Waals surface area contributed by atoms with E-state index in [-0.39, 0.29) is 23.4 Å². The fourth-order valence-electron chi connectivity index (χ4n) is 5.07. The zero-order valence-electron chi connectivity index (χ0n) is 19.0. The Bertz CT molecular complexity index is 1110. The molecule has 4 heterocycles. The third-order valence-electron chi connectivity index (χ3n) is 6.72. The lowest BCUT2D eigenvalue weighted by Crippen LogP contribution is -2.39. The summed E-state index contributed by atoms with van der Waals surface area (Å²) in [7, 11) is 0. The minimum atomic E-state index is -5.08. The highest BCUT2D eigenvalue weighted by Gasteiger charge is 2.41. The second-order valence-electron chi connectivity index (χ2n) is 9.27. The first-order chi connectivity index (χ1) is 16.6. The largest absolute Gasteiger partial charge is 0.490 e. The molecule has 1 aliphatic carbocycles. The van der Waals surface area contributed by atoms with Crippen molar-refractivity contribution in [2.75, 3.05) is 13.1 Å². The Hall–Kier alpha value is -3.15. The van der Waals surface area contributed by atoms with Crippen LogP contribution in [0.15, 0.2) is 34.0 Å². The van der Waals surface area contributed by atoms with Crippen molar-refractivity contribution in [2.45, 2.75) is 63.3 Å². The Morgan fingerprint density at radius 3 is 2.51 bits per heavy atom. The van der Waals surface area contributed by atoms with Crippen LogP contribution in [0.4, 0.5) is 13.2 Å². The van der Waals surface area contributed by atoms with Crippen LogP contribution in [0.3, 0.4) is 0 Å². The molecule has 1 amide bonds. The Labute approximate surface area is 198 Å². The molecule has 9 nitrogen and oxygen atoms in total. The zero-order chi connectivity index (χ0) is 25.2. The van der Waals surface area contributed by atoms with E-state index in [1.54, 1.807) is 18.7 Å². The van der Waals surface area contributed by atoms with Gasteiger partial charge in [-0.3, -0.25) is 14.5 Å². The molecule has 0 spiro atoms. The van der Waals surface area contributed by atoms with Crippen LogP contribution in [0.1, 0.15) is 59.8 Å². The first kappa shape index (κ1) is 25.0. The number of nitrogens with zero attached hydrogens (tertiary/aromatic N) is 3. The van der Waals surface area contributed by atoms with Gasteiger partial charge in [0.25, 0.3) is 11.5 Å². The number of hydrogen-bond donors (Lipinski definition) is 2. The standard InChI is InChI=1S/C21H26N4O3.C2HF3O2/c26-20(22-16-4-2-1-3-5-16)18-12-25-10-15-9-24(8-14-6-7-28-13-14)11-17(15)19(25)23-21(18)27;3-2(4,5)1(6)7/h6-7,12-13,15-17H,1-5,8-11H2,(H,22,26);(H,6,7). The minimum Gasteiger partial charge on any atom is -0.475 e. The van der Waals surface area contributed by atoms with Crippen molar-refractivity contribution < 1.29 is 32.3 Å². The lowest BCUT2D eigenvalue weighted by molar-refractivity contribution is -0.192. The number of halogens is 3. The second kappa shape index (κ2) is 10.2. The fraction of sp³-hybridized carbons (Fsp3) is 0.565. The lowest BCUT2D eigenvalue weighted by Gasteiger charge is -2.22. The fourth-order valence-corrected chi connectivity index (χ4v) is 5.07. The number of furan rings is 1. The van der Waals surface area contributed by atoms with E-state index in [2.05, 4.69) is 15.2 Å². The van der Waals surface area contributed by atoms with Gasteiger partial charge in [-0.15, -0.1) is 0 Å². The number of nitrogens with one attached hydrogen (secondary N) is 1. The Morgan fingerprint density at radius 1 is 1.17 bits per heavy atom. The number of amides is 1. The van der Waals surface area contributed by atoms with Crippen LogP contribution in [0.5, 0.6) is 0 Å². The summed E-state index contributed by atoms with van der Waals surface area (Å²) in [6.45, 7) is 3.53. The average molecular weight is 496 g/mol. The van der Waals surface area contributed by atoms with Crippen LogP contribution in [0.2, 0.25) is 0 Å². The Morgan fingerprint density at radius 2 is 1.89 bits per heavy atom. The van der Waals surface area contributed by atoms with E-state index in [1.807, 2.05) is 10.6 Å². The van der Waals surface area contributed by atoms with Gasteiger partial charge in [0.1, 0.15) is 11.4 Å². The number of aliphatic carboxylic acids is 1. The molecule has 35 heavy (non-hydrogen) atoms. The molecule has 2 aromatic rings. The molecular weight excluding hydrogens is 469 g/mol. The van der Waals surface area contributed by atoms with Crippen LogP contribution >= 0.6 is 0 Å². The van der Waals surface area contributed by atoms with Crippen LogP contribution in [0.25, 0.3) is 0 Å². The molecule has 2 unspecified atom stereocenters. The summed E-state index contributed by atoms with van der Waals surface area (Å²) in [5, 5.41) is 10.2. The van der Waals surface area contributed by atoms with Crippen LogP contribution < -0.4 is 10.9 Å². The van der Waals surface area contributed by atoms with Crippen LogP contribution in [0, 0.1) is 5.92 Å². The zero-order valence-corrected chi connectivity index (χ0v) is 19.0. The number of carboxylic acids is 1. The quantitative estimate of drug-likeness (QED) is 0.668. The molecule has 2 aliphatic heterocycles. The molecule has 3 aliphatic rings. The smallest absolute Gasteiger partial charge is 0.475 e. The molecule has 2 aromatic heterocycles. The highest BCUT2D eigenvalue weighted by Crippen LogP contribution is 2.38. The van der Waals surface area contributed by atoms with Gasteiger partial charge in [-0.2, -0.15) is 18.2 Å². The van der Waals surface area contributed by atoms with Crippen molar-refractivity contribution in [3.63, 3.8) is 0 Å². The maximum absolute atomic E-state index is 12.6. The molecule has 2 atom stereocenters. The van der Waals surface area contributed by atoms with Crippen molar-refractivity contribution in [1.29, 1.82) is 0 Å². The maximum atomic E-state index is 12.6. The third kappa shape index (κ3) is 5.92. The van der Waals surface area contributed by atoms with Gasteiger partial charge >= 0.3 is 12.1 Å². The van der Waals surface area contributed by atoms with Gasteiger partial charge in [-0.05, 0) is 18.9 Å². The second-order valence-corrected chi connectivity index (χ2v) is 9.27. The van der Waals surface area contributed by atoms with E-state index < -0.39 is 17.7 Å². The predicted octanol–water partition coefficient (Wildman–Crippen LogP) is 2.76. The lowest BCUT2D eigenvalue weighted by atomic mass is 9.95. The molecule has 2 N–H and O–H groups in total. The van der Waals surface area contributed by atoms with E-state index in [0.29, 0.717) is 5.92 Å². The molecule has 0 bridgehead atoms. The van der Waals surface area contributed by atoms with Crippen molar-refractivity contribution in [3.05, 3.63) is 52.1 Å². The van der Waals surface area contributed by atoms with Gasteiger partial charge in [-0.1, -0.05) is 19.3 Å². The van der Waals surface area contributed by atoms with Gasteiger partial charge in [0.2, 0.25) is 0 Å². The van der Waals surface area contributed by atoms with Gasteiger partial charge in [0.05, 0.1) is 12.5 Å². The van der Waals surface area contributed by atoms with Crippen molar-refractivity contribution in [2.24, 2.45) is 5.92 Å². The molecule has 0 aromatic carbocycles. The molecule has 2 fully saturated rings. The predicted molar refractivity (Wildman–Crippen MR) is 117 cm³/mol. The van der Waals surface area contributed by atoms with Gasteiger partial charge in [0.15, 0.2) is 0 Å². The van der Waals surface area contributed by atoms with Crippen molar-refractivity contribution >= 4 is 11.9 Å². The molecule has 5 rings (SSSR count). The Balaban J connectivity index is 0.000000364. The number of alkyl halides is 3. The van der Waals surface area contributed by atoms with Crippen LogP contribution in [-0.2, 0) is 17.9 Å². The van der Waals surface area contributed by atoms with Crippen molar-refractivity contribution in [3.8, 4) is 0 Å². The normalized spacial score (nSPS) is 22.1. The van der Waals surface area contributed by atoms with E-state index >= 15 is 0 Å². The number of carbonyl (C=O) groups excluding carboxylic acids is 1. The van der Waals surface area contributed by atoms with Gasteiger partial charge < -0.3 is 19.4 Å². The summed E-state index contributed by atoms with van der Waals surface area (Å²) in [6.07, 6.45) is 5.65. The summed E-state index contributed by atoms with van der Waals surface area (Å²) in [5.41, 5.74) is 0.957. The SMILES string of the molecule is O=C(NC1CCCCC1)c1cn2c(nc1=O)C1CN(Cc3ccoc3)CC1C2.O=C(O)C(F)(F)F. The van der Waals surface area contributed by atoms with Crippen LogP contribution in [-0.4, -0.2) is 56.7 Å². The topological polar surface area (TPSA) is 118 Å². The minimum absolute atomic E-state index is 0.185. The Kier molecular flexibility index (Phi) is 7.29. The molecule has 190 valence electrons. The van der Waals surface area contributed by atoms with Gasteiger partial charge in [0, 0.05) is 55.8 Å². The summed E-state index contributed by atoms with van der Waals surface area (Å²) in [4.78, 5) is 40.8. The highest BCUT2D eigenvalue weighted by atomic mass is 19.4. The number of aromatic nitrogens is 2. The van der Waals surface area contributed by atoms with E-state index in [1.165, 1.54) is 12.0 Å². The average Bonchev–Trinajstić information content (AvgIpc) is 3.51. The molecule has 1 saturated carbocycles. The number of fused-ring (bicyclic) bond motifs is 3. The molecular formula is C23H27F3N4O5. The number of carboxylic acid groups (broad SMARTS) is 1. The number of hydrogen-bond acceptors (Lipinski definition) is 6. The van der Waals surface area contributed by atoms with E-state index in [4.69, 9.17) is 14.3 Å². The monoisotopic (exact) mass is 496 g/mol. The number of carbonyl (C=O) groups is 2. The summed E-state index contributed by atoms with van der Waals surface area (Å²) in [6, 6.07) is 2.18. The first-order valence-corrected chi connectivity index (χ1v) is 11.6. The summed E-state index contributed by atoms with van der Waals surface area (Å²) >= 11 is 0. The van der Waals surface area contributed by atoms with E-state index in [0.717, 1.165) is 57.7 Å². The summed E-state index contributed by atoms with van der Waals surface area (Å²) < 4.78 is 38.9. The maximum Gasteiger partial charge on any atom is 0.490 e. The first-order valence-electron chi connectivity index (χ1n) is 11.6. The van der Waals surface area contributed by atoms with E-state index in [9.17, 15) is 22.8 Å². The third-order valence-corrected chi connectivity index (χ3v) is 6.72. The van der Waals surface area contributed by atoms with Crippen molar-refractivity contribution in [1.82, 2.24) is 19.8 Å². The number of likely N-dealkylation sites (tertiary alicyclic amines) is 1.